The second-order valence-corrected chi connectivity index (χ2v) is 6.73. The summed E-state index contributed by atoms with van der Waals surface area (Å²) in [5, 5.41) is 5.23. The molecule has 2 amide bonds. The molecule has 3 rings (SSSR count). The van der Waals surface area contributed by atoms with Crippen LogP contribution in [0.25, 0.3) is 0 Å². The van der Waals surface area contributed by atoms with Crippen molar-refractivity contribution in [2.75, 3.05) is 20.3 Å². The van der Waals surface area contributed by atoms with Gasteiger partial charge in [-0.15, -0.1) is 0 Å². The molecular formula is C23H22N2O7. The largest absolute Gasteiger partial charge is 0.497 e. The van der Waals surface area contributed by atoms with E-state index in [1.165, 1.54) is 31.4 Å². The molecule has 0 fully saturated rings. The summed E-state index contributed by atoms with van der Waals surface area (Å²) in [5.74, 6) is -0.709. The first-order chi connectivity index (χ1) is 15.5. The minimum absolute atomic E-state index is 0.117. The van der Waals surface area contributed by atoms with Crippen molar-refractivity contribution < 1.29 is 33.4 Å². The van der Waals surface area contributed by atoms with Crippen molar-refractivity contribution >= 4 is 24.3 Å². The molecule has 9 nitrogen and oxygen atoms in total. The molecule has 0 bridgehead atoms. The highest BCUT2D eigenvalue weighted by Crippen LogP contribution is 2.29. The van der Waals surface area contributed by atoms with E-state index in [9.17, 15) is 19.2 Å². The monoisotopic (exact) mass is 438 g/mol. The second-order valence-electron chi connectivity index (χ2n) is 6.73. The number of carbonyl (C=O) groups is 4. The standard InChI is InChI=1S/C23H22N2O7/c1-3-31-22(28)19-18(13-32-21(27)16-6-4-14(12-26)5-7-16)24-23(29)25-20(19)15-8-10-17(30-2)11-9-15/h4-12,20H,3,13H2,1-2H3,(H2,24,25,29). The zero-order valence-corrected chi connectivity index (χ0v) is 17.5. The predicted molar refractivity (Wildman–Crippen MR) is 113 cm³/mol. The molecular weight excluding hydrogens is 416 g/mol. The van der Waals surface area contributed by atoms with Gasteiger partial charge in [0, 0.05) is 5.56 Å². The van der Waals surface area contributed by atoms with Crippen LogP contribution in [0.1, 0.15) is 39.2 Å². The summed E-state index contributed by atoms with van der Waals surface area (Å²) in [6.07, 6.45) is 0.662. The Morgan fingerprint density at radius 1 is 1.00 bits per heavy atom. The van der Waals surface area contributed by atoms with Crippen molar-refractivity contribution in [2.45, 2.75) is 13.0 Å². The summed E-state index contributed by atoms with van der Waals surface area (Å²) in [5.41, 5.74) is 1.51. The van der Waals surface area contributed by atoms with Crippen LogP contribution in [0, 0.1) is 0 Å². The number of esters is 2. The van der Waals surface area contributed by atoms with E-state index in [0.29, 0.717) is 23.2 Å². The van der Waals surface area contributed by atoms with Gasteiger partial charge in [-0.05, 0) is 36.8 Å². The van der Waals surface area contributed by atoms with Crippen molar-refractivity contribution in [1.29, 1.82) is 0 Å². The van der Waals surface area contributed by atoms with Crippen LogP contribution in [0.4, 0.5) is 4.79 Å². The molecule has 0 aromatic heterocycles. The minimum atomic E-state index is -0.811. The number of hydrogen-bond acceptors (Lipinski definition) is 7. The second kappa shape index (κ2) is 10.3. The van der Waals surface area contributed by atoms with Gasteiger partial charge in [-0.1, -0.05) is 24.3 Å². The highest BCUT2D eigenvalue weighted by atomic mass is 16.5. The lowest BCUT2D eigenvalue weighted by Gasteiger charge is -2.29. The number of hydrogen-bond donors (Lipinski definition) is 2. The molecule has 1 aliphatic rings. The van der Waals surface area contributed by atoms with Gasteiger partial charge >= 0.3 is 18.0 Å². The Labute approximate surface area is 184 Å². The highest BCUT2D eigenvalue weighted by Gasteiger charge is 2.34. The van der Waals surface area contributed by atoms with Crippen molar-refractivity contribution in [3.05, 3.63) is 76.5 Å². The molecule has 0 saturated heterocycles. The first-order valence-electron chi connectivity index (χ1n) is 9.80. The number of carbonyl (C=O) groups excluding carboxylic acids is 4. The first kappa shape index (κ1) is 22.5. The van der Waals surface area contributed by atoms with Crippen LogP contribution in [0.5, 0.6) is 5.75 Å². The van der Waals surface area contributed by atoms with Gasteiger partial charge in [0.15, 0.2) is 0 Å². The smallest absolute Gasteiger partial charge is 0.338 e. The van der Waals surface area contributed by atoms with E-state index in [-0.39, 0.29) is 30.0 Å². The molecule has 2 aromatic rings. The number of urea groups is 1. The Bertz CT molecular complexity index is 1040. The number of methoxy groups -OCH3 is 1. The Morgan fingerprint density at radius 3 is 2.28 bits per heavy atom. The van der Waals surface area contributed by atoms with Crippen molar-refractivity contribution in [3.63, 3.8) is 0 Å². The van der Waals surface area contributed by atoms with Gasteiger partial charge in [0.2, 0.25) is 0 Å². The van der Waals surface area contributed by atoms with E-state index < -0.39 is 24.0 Å². The van der Waals surface area contributed by atoms with Crippen molar-refractivity contribution in [1.82, 2.24) is 10.6 Å². The van der Waals surface area contributed by atoms with Gasteiger partial charge in [0.25, 0.3) is 0 Å². The van der Waals surface area contributed by atoms with Crippen LogP contribution in [0.3, 0.4) is 0 Å². The average molecular weight is 438 g/mol. The summed E-state index contributed by atoms with van der Waals surface area (Å²) in [4.78, 5) is 48.2. The molecule has 0 radical (unpaired) electrons. The fourth-order valence-corrected chi connectivity index (χ4v) is 3.15. The third kappa shape index (κ3) is 5.12. The average Bonchev–Trinajstić information content (AvgIpc) is 2.82. The number of nitrogens with one attached hydrogen (secondary N) is 2. The predicted octanol–water partition coefficient (Wildman–Crippen LogP) is 2.54. The van der Waals surface area contributed by atoms with Gasteiger partial charge in [-0.2, -0.15) is 0 Å². The molecule has 1 heterocycles. The fourth-order valence-electron chi connectivity index (χ4n) is 3.15. The minimum Gasteiger partial charge on any atom is -0.497 e. The Kier molecular flexibility index (Phi) is 7.22. The van der Waals surface area contributed by atoms with Crippen LogP contribution in [-0.2, 0) is 14.3 Å². The quantitative estimate of drug-likeness (QED) is 0.480. The molecule has 9 heteroatoms. The fraction of sp³-hybridized carbons (Fsp3) is 0.217. The third-order valence-corrected chi connectivity index (χ3v) is 4.73. The van der Waals surface area contributed by atoms with Crippen molar-refractivity contribution in [3.8, 4) is 5.75 Å². The molecule has 2 N–H and O–H groups in total. The van der Waals surface area contributed by atoms with Gasteiger partial charge in [0.1, 0.15) is 18.6 Å². The third-order valence-electron chi connectivity index (χ3n) is 4.73. The van der Waals surface area contributed by atoms with Gasteiger partial charge in [0.05, 0.1) is 36.6 Å². The van der Waals surface area contributed by atoms with Crippen molar-refractivity contribution in [2.24, 2.45) is 0 Å². The SMILES string of the molecule is CCOC(=O)C1=C(COC(=O)c2ccc(C=O)cc2)NC(=O)NC1c1ccc(OC)cc1. The van der Waals surface area contributed by atoms with Crippen LogP contribution in [0.15, 0.2) is 59.8 Å². The van der Waals surface area contributed by atoms with E-state index in [4.69, 9.17) is 14.2 Å². The summed E-state index contributed by atoms with van der Waals surface area (Å²) in [6.45, 7) is 1.43. The van der Waals surface area contributed by atoms with E-state index in [1.54, 1.807) is 31.2 Å². The maximum atomic E-state index is 12.7. The van der Waals surface area contributed by atoms with E-state index in [1.807, 2.05) is 0 Å². The maximum absolute atomic E-state index is 12.7. The van der Waals surface area contributed by atoms with E-state index >= 15 is 0 Å². The number of rotatable bonds is 8. The topological polar surface area (TPSA) is 120 Å². The van der Waals surface area contributed by atoms with Crippen LogP contribution >= 0.6 is 0 Å². The lowest BCUT2D eigenvalue weighted by Crippen LogP contribution is -2.47. The molecule has 1 unspecified atom stereocenters. The lowest BCUT2D eigenvalue weighted by molar-refractivity contribution is -0.139. The highest BCUT2D eigenvalue weighted by molar-refractivity contribution is 5.95. The summed E-state index contributed by atoms with van der Waals surface area (Å²) < 4.78 is 15.6. The molecule has 32 heavy (non-hydrogen) atoms. The molecule has 0 saturated carbocycles. The Balaban J connectivity index is 1.89. The zero-order valence-electron chi connectivity index (χ0n) is 17.5. The lowest BCUT2D eigenvalue weighted by atomic mass is 9.95. The molecule has 1 atom stereocenters. The van der Waals surface area contributed by atoms with Gasteiger partial charge in [-0.25, -0.2) is 14.4 Å². The normalized spacial score (nSPS) is 15.3. The zero-order chi connectivity index (χ0) is 23.1. The Morgan fingerprint density at radius 2 is 1.69 bits per heavy atom. The molecule has 2 aromatic carbocycles. The van der Waals surface area contributed by atoms with Crippen LogP contribution in [-0.4, -0.2) is 44.6 Å². The number of aldehydes is 1. The Hall–Kier alpha value is -4.14. The molecule has 0 spiro atoms. The summed E-state index contributed by atoms with van der Waals surface area (Å²) in [7, 11) is 1.53. The number of benzene rings is 2. The first-order valence-corrected chi connectivity index (χ1v) is 9.80. The van der Waals surface area contributed by atoms with Gasteiger partial charge < -0.3 is 24.8 Å². The van der Waals surface area contributed by atoms with Crippen LogP contribution < -0.4 is 15.4 Å². The molecule has 1 aliphatic heterocycles. The maximum Gasteiger partial charge on any atom is 0.338 e. The number of ether oxygens (including phenoxy) is 3. The van der Waals surface area contributed by atoms with E-state index in [0.717, 1.165) is 0 Å². The van der Waals surface area contributed by atoms with Crippen LogP contribution in [0.2, 0.25) is 0 Å². The van der Waals surface area contributed by atoms with E-state index in [2.05, 4.69) is 10.6 Å². The van der Waals surface area contributed by atoms with Gasteiger partial charge in [-0.3, -0.25) is 4.79 Å². The summed E-state index contributed by atoms with van der Waals surface area (Å²) in [6, 6.07) is 11.3. The molecule has 0 aliphatic carbocycles. The number of amides is 2. The molecule has 166 valence electrons. The summed E-state index contributed by atoms with van der Waals surface area (Å²) >= 11 is 0.